The number of hydrogen-bond acceptors (Lipinski definition) is 5. The number of benzene rings is 2. The summed E-state index contributed by atoms with van der Waals surface area (Å²) in [5, 5.41) is 18.0. The number of aromatic hydroxyl groups is 1. The van der Waals surface area contributed by atoms with Gasteiger partial charge in [-0.1, -0.05) is 18.2 Å². The largest absolute Gasteiger partial charge is 0.508 e. The standard InChI is InChI=1S/C17H14N4O3/c1-21-17(24)14-5-3-2-4-13(14)15(20-21)16(23)19-18-10-11-6-8-12(22)9-7-11/h2-10,22H,1H3,(H,19,23)/b18-10+. The molecule has 0 bridgehead atoms. The van der Waals surface area contributed by atoms with Crippen molar-refractivity contribution in [2.24, 2.45) is 12.1 Å². The highest BCUT2D eigenvalue weighted by Gasteiger charge is 2.14. The van der Waals surface area contributed by atoms with Crippen LogP contribution in [0.4, 0.5) is 0 Å². The van der Waals surface area contributed by atoms with E-state index in [9.17, 15) is 14.7 Å². The molecule has 0 aliphatic rings. The summed E-state index contributed by atoms with van der Waals surface area (Å²) in [7, 11) is 1.49. The number of nitrogens with one attached hydrogen (secondary N) is 1. The summed E-state index contributed by atoms with van der Waals surface area (Å²) in [5.41, 5.74) is 2.96. The second-order valence-electron chi connectivity index (χ2n) is 5.11. The van der Waals surface area contributed by atoms with Crippen molar-refractivity contribution in [2.75, 3.05) is 0 Å². The van der Waals surface area contributed by atoms with Gasteiger partial charge in [-0.15, -0.1) is 0 Å². The first-order valence-electron chi connectivity index (χ1n) is 7.15. The lowest BCUT2D eigenvalue weighted by Crippen LogP contribution is -2.27. The van der Waals surface area contributed by atoms with E-state index in [-0.39, 0.29) is 17.0 Å². The SMILES string of the molecule is Cn1nc(C(=O)N/N=C/c2ccc(O)cc2)c2ccccc2c1=O. The first-order valence-corrected chi connectivity index (χ1v) is 7.15. The van der Waals surface area contributed by atoms with Crippen molar-refractivity contribution in [3.63, 3.8) is 0 Å². The van der Waals surface area contributed by atoms with Gasteiger partial charge in [0.1, 0.15) is 5.75 Å². The van der Waals surface area contributed by atoms with Crippen molar-refractivity contribution < 1.29 is 9.90 Å². The van der Waals surface area contributed by atoms with E-state index in [0.29, 0.717) is 16.3 Å². The summed E-state index contributed by atoms with van der Waals surface area (Å²) in [6, 6.07) is 13.1. The summed E-state index contributed by atoms with van der Waals surface area (Å²) in [4.78, 5) is 24.4. The first-order chi connectivity index (χ1) is 11.6. The number of carbonyl (C=O) groups excluding carboxylic acids is 1. The Kier molecular flexibility index (Phi) is 4.07. The van der Waals surface area contributed by atoms with Gasteiger partial charge in [0.25, 0.3) is 11.5 Å². The topological polar surface area (TPSA) is 96.6 Å². The van der Waals surface area contributed by atoms with Crippen molar-refractivity contribution in [1.82, 2.24) is 15.2 Å². The molecule has 1 aromatic heterocycles. The van der Waals surface area contributed by atoms with Crippen LogP contribution < -0.4 is 11.0 Å². The van der Waals surface area contributed by atoms with Gasteiger partial charge in [-0.05, 0) is 35.9 Å². The summed E-state index contributed by atoms with van der Waals surface area (Å²) < 4.78 is 1.13. The zero-order valence-corrected chi connectivity index (χ0v) is 12.8. The molecule has 0 saturated carbocycles. The predicted molar refractivity (Wildman–Crippen MR) is 90.2 cm³/mol. The number of aryl methyl sites for hydroxylation is 1. The quantitative estimate of drug-likeness (QED) is 0.563. The molecule has 0 unspecified atom stereocenters. The lowest BCUT2D eigenvalue weighted by molar-refractivity contribution is 0.0950. The molecule has 7 heteroatoms. The van der Waals surface area contributed by atoms with E-state index in [4.69, 9.17) is 0 Å². The number of fused-ring (bicyclic) bond motifs is 1. The Balaban J connectivity index is 1.88. The lowest BCUT2D eigenvalue weighted by Gasteiger charge is -2.06. The Morgan fingerprint density at radius 1 is 1.17 bits per heavy atom. The second-order valence-corrected chi connectivity index (χ2v) is 5.11. The fourth-order valence-electron chi connectivity index (χ4n) is 2.25. The lowest BCUT2D eigenvalue weighted by atomic mass is 10.1. The third-order valence-corrected chi connectivity index (χ3v) is 3.44. The van der Waals surface area contributed by atoms with E-state index in [2.05, 4.69) is 15.6 Å². The van der Waals surface area contributed by atoms with E-state index in [1.165, 1.54) is 25.4 Å². The molecule has 0 radical (unpaired) electrons. The van der Waals surface area contributed by atoms with Gasteiger partial charge in [-0.2, -0.15) is 10.2 Å². The molecule has 3 aromatic rings. The Morgan fingerprint density at radius 2 is 1.83 bits per heavy atom. The monoisotopic (exact) mass is 322 g/mol. The average Bonchev–Trinajstić information content (AvgIpc) is 2.60. The predicted octanol–water partition coefficient (Wildman–Crippen LogP) is 1.40. The zero-order valence-electron chi connectivity index (χ0n) is 12.8. The van der Waals surface area contributed by atoms with Crippen molar-refractivity contribution >= 4 is 22.9 Å². The van der Waals surface area contributed by atoms with Gasteiger partial charge < -0.3 is 5.11 Å². The molecule has 1 heterocycles. The van der Waals surface area contributed by atoms with Crippen LogP contribution in [0.5, 0.6) is 5.75 Å². The van der Waals surface area contributed by atoms with Crippen molar-refractivity contribution in [1.29, 1.82) is 0 Å². The molecule has 0 aliphatic carbocycles. The Labute approximate surface area is 136 Å². The maximum Gasteiger partial charge on any atom is 0.292 e. The van der Waals surface area contributed by atoms with Gasteiger partial charge in [-0.3, -0.25) is 9.59 Å². The Hall–Kier alpha value is -3.48. The Bertz CT molecular complexity index is 991. The van der Waals surface area contributed by atoms with Gasteiger partial charge in [-0.25, -0.2) is 10.1 Å². The molecule has 120 valence electrons. The molecule has 3 rings (SSSR count). The van der Waals surface area contributed by atoms with E-state index >= 15 is 0 Å². The molecule has 1 amide bonds. The Morgan fingerprint density at radius 3 is 2.54 bits per heavy atom. The molecule has 0 aliphatic heterocycles. The number of rotatable bonds is 3. The van der Waals surface area contributed by atoms with Crippen LogP contribution in [-0.2, 0) is 7.05 Å². The molecular weight excluding hydrogens is 308 g/mol. The molecule has 0 spiro atoms. The van der Waals surface area contributed by atoms with Gasteiger partial charge in [0, 0.05) is 12.4 Å². The van der Waals surface area contributed by atoms with E-state index < -0.39 is 5.91 Å². The normalized spacial score (nSPS) is 11.0. The second kappa shape index (κ2) is 6.33. The zero-order chi connectivity index (χ0) is 17.1. The number of hydrogen-bond donors (Lipinski definition) is 2. The van der Waals surface area contributed by atoms with Crippen LogP contribution in [0.3, 0.4) is 0 Å². The van der Waals surface area contributed by atoms with Crippen LogP contribution in [0.2, 0.25) is 0 Å². The van der Waals surface area contributed by atoms with Crippen LogP contribution in [0, 0.1) is 0 Å². The van der Waals surface area contributed by atoms with Crippen LogP contribution >= 0.6 is 0 Å². The summed E-state index contributed by atoms with van der Waals surface area (Å²) in [5.74, 6) is -0.367. The highest BCUT2D eigenvalue weighted by molar-refractivity contribution is 6.04. The third kappa shape index (κ3) is 3.00. The summed E-state index contributed by atoms with van der Waals surface area (Å²) in [6.07, 6.45) is 1.45. The maximum atomic E-state index is 12.3. The minimum Gasteiger partial charge on any atom is -0.508 e. The molecule has 24 heavy (non-hydrogen) atoms. The highest BCUT2D eigenvalue weighted by atomic mass is 16.3. The number of carbonyl (C=O) groups is 1. The van der Waals surface area contributed by atoms with Crippen molar-refractivity contribution in [3.05, 3.63) is 70.1 Å². The van der Waals surface area contributed by atoms with Crippen LogP contribution in [0.25, 0.3) is 10.8 Å². The highest BCUT2D eigenvalue weighted by Crippen LogP contribution is 2.13. The number of amides is 1. The molecule has 2 N–H and O–H groups in total. The van der Waals surface area contributed by atoms with Crippen molar-refractivity contribution in [2.45, 2.75) is 0 Å². The number of hydrazone groups is 1. The minimum absolute atomic E-state index is 0.121. The first kappa shape index (κ1) is 15.4. The van der Waals surface area contributed by atoms with Crippen LogP contribution in [0.1, 0.15) is 16.1 Å². The van der Waals surface area contributed by atoms with Gasteiger partial charge >= 0.3 is 0 Å². The van der Waals surface area contributed by atoms with Gasteiger partial charge in [0.05, 0.1) is 11.6 Å². The maximum absolute atomic E-state index is 12.3. The smallest absolute Gasteiger partial charge is 0.292 e. The van der Waals surface area contributed by atoms with Gasteiger partial charge in [0.2, 0.25) is 0 Å². The summed E-state index contributed by atoms with van der Waals surface area (Å²) in [6.45, 7) is 0. The average molecular weight is 322 g/mol. The van der Waals surface area contributed by atoms with E-state index in [0.717, 1.165) is 4.68 Å². The molecule has 0 fully saturated rings. The van der Waals surface area contributed by atoms with E-state index in [1.807, 2.05) is 0 Å². The molecule has 2 aromatic carbocycles. The molecule has 0 saturated heterocycles. The molecular formula is C17H14N4O3. The number of phenols is 1. The van der Waals surface area contributed by atoms with Crippen molar-refractivity contribution in [3.8, 4) is 5.75 Å². The molecule has 7 nitrogen and oxygen atoms in total. The fraction of sp³-hybridized carbons (Fsp3) is 0.0588. The molecule has 0 atom stereocenters. The third-order valence-electron chi connectivity index (χ3n) is 3.44. The number of aromatic nitrogens is 2. The van der Waals surface area contributed by atoms with Crippen LogP contribution in [0.15, 0.2) is 58.4 Å². The number of nitrogens with zero attached hydrogens (tertiary/aromatic N) is 3. The minimum atomic E-state index is -0.517. The summed E-state index contributed by atoms with van der Waals surface area (Å²) >= 11 is 0. The van der Waals surface area contributed by atoms with Crippen LogP contribution in [-0.4, -0.2) is 27.0 Å². The fourth-order valence-corrected chi connectivity index (χ4v) is 2.25. The van der Waals surface area contributed by atoms with E-state index in [1.54, 1.807) is 36.4 Å². The van der Waals surface area contributed by atoms with Gasteiger partial charge in [0.15, 0.2) is 5.69 Å². The number of phenolic OH excluding ortho intramolecular Hbond substituents is 1.